The number of benzene rings is 1. The summed E-state index contributed by atoms with van der Waals surface area (Å²) in [7, 11) is 0. The van der Waals surface area contributed by atoms with Crippen LogP contribution in [0.5, 0.6) is 0 Å². The zero-order valence-corrected chi connectivity index (χ0v) is 14.7. The zero-order chi connectivity index (χ0) is 16.4. The van der Waals surface area contributed by atoms with Crippen LogP contribution in [0.15, 0.2) is 29.3 Å². The number of thiazole rings is 1. The van der Waals surface area contributed by atoms with Crippen LogP contribution in [0.25, 0.3) is 0 Å². The predicted octanol–water partition coefficient (Wildman–Crippen LogP) is 4.69. The molecular formula is C15H16Cl2N2O2S. The first-order chi connectivity index (χ1) is 10.3. The fourth-order valence-corrected chi connectivity index (χ4v) is 3.77. The molecule has 0 aliphatic rings. The number of aromatic carboxylic acids is 1. The number of carboxylic acid groups (broad SMARTS) is 1. The van der Waals surface area contributed by atoms with Crippen molar-refractivity contribution in [2.75, 3.05) is 0 Å². The van der Waals surface area contributed by atoms with Crippen molar-refractivity contribution in [2.24, 2.45) is 4.99 Å². The van der Waals surface area contributed by atoms with Gasteiger partial charge in [-0.3, -0.25) is 0 Å². The van der Waals surface area contributed by atoms with Gasteiger partial charge in [0.05, 0.1) is 11.7 Å². The average molecular weight is 359 g/mol. The Morgan fingerprint density at radius 2 is 1.86 bits per heavy atom. The highest BCUT2D eigenvalue weighted by Crippen LogP contribution is 2.24. The highest BCUT2D eigenvalue weighted by molar-refractivity contribution is 7.11. The van der Waals surface area contributed by atoms with E-state index in [9.17, 15) is 9.90 Å². The van der Waals surface area contributed by atoms with E-state index in [4.69, 9.17) is 23.4 Å². The van der Waals surface area contributed by atoms with E-state index >= 15 is 0 Å². The minimum atomic E-state index is -0.983. The molecule has 0 fully saturated rings. The van der Waals surface area contributed by atoms with Gasteiger partial charge in [0.15, 0.2) is 0 Å². The summed E-state index contributed by atoms with van der Waals surface area (Å²) in [6.07, 6.45) is 0. The number of carboxylic acids is 1. The van der Waals surface area contributed by atoms with Crippen molar-refractivity contribution in [3.63, 3.8) is 0 Å². The van der Waals surface area contributed by atoms with Crippen LogP contribution in [-0.4, -0.2) is 15.2 Å². The second kappa shape index (κ2) is 6.86. The Balaban J connectivity index is 2.49. The van der Waals surface area contributed by atoms with Crippen molar-refractivity contribution < 1.29 is 9.90 Å². The van der Waals surface area contributed by atoms with Crippen LogP contribution >= 0.6 is 34.7 Å². The fourth-order valence-electron chi connectivity index (χ4n) is 2.08. The Kier molecular flexibility index (Phi) is 5.32. The third-order valence-corrected chi connectivity index (χ3v) is 4.96. The molecule has 0 spiro atoms. The van der Waals surface area contributed by atoms with Gasteiger partial charge in [-0.25, -0.2) is 13.9 Å². The SMILES string of the molecule is CC(C)c1c(C(=O)O)sc(=N[C@H](C)c2ccc(Cl)cc2)n1Cl. The lowest BCUT2D eigenvalue weighted by Gasteiger charge is -2.07. The first kappa shape index (κ1) is 17.1. The Labute approximate surface area is 142 Å². The molecule has 0 bridgehead atoms. The third kappa shape index (κ3) is 3.54. The van der Waals surface area contributed by atoms with Gasteiger partial charge in [-0.2, -0.15) is 0 Å². The van der Waals surface area contributed by atoms with E-state index in [0.29, 0.717) is 15.5 Å². The van der Waals surface area contributed by atoms with E-state index in [1.807, 2.05) is 32.9 Å². The molecule has 0 unspecified atom stereocenters. The molecular weight excluding hydrogens is 343 g/mol. The van der Waals surface area contributed by atoms with Crippen molar-refractivity contribution in [3.8, 4) is 0 Å². The molecule has 1 heterocycles. The normalized spacial score (nSPS) is 13.6. The number of hydrogen-bond donors (Lipinski definition) is 1. The van der Waals surface area contributed by atoms with Gasteiger partial charge in [-0.15, -0.1) is 0 Å². The van der Waals surface area contributed by atoms with Crippen molar-refractivity contribution in [2.45, 2.75) is 32.7 Å². The van der Waals surface area contributed by atoms with Crippen molar-refractivity contribution >= 4 is 40.7 Å². The Morgan fingerprint density at radius 1 is 1.27 bits per heavy atom. The summed E-state index contributed by atoms with van der Waals surface area (Å²) in [6.45, 7) is 5.73. The third-order valence-electron chi connectivity index (χ3n) is 3.20. The second-order valence-electron chi connectivity index (χ2n) is 5.20. The van der Waals surface area contributed by atoms with Gasteiger partial charge in [-0.1, -0.05) is 48.9 Å². The summed E-state index contributed by atoms with van der Waals surface area (Å²) >= 11 is 13.2. The van der Waals surface area contributed by atoms with Crippen molar-refractivity contribution in [3.05, 3.63) is 50.2 Å². The fraction of sp³-hybridized carbons (Fsp3) is 0.333. The molecule has 1 aromatic heterocycles. The Bertz CT molecular complexity index is 748. The number of nitrogens with zero attached hydrogens (tertiary/aromatic N) is 2. The van der Waals surface area contributed by atoms with Crippen LogP contribution in [0.3, 0.4) is 0 Å². The average Bonchev–Trinajstić information content (AvgIpc) is 2.77. The van der Waals surface area contributed by atoms with E-state index in [2.05, 4.69) is 4.99 Å². The topological polar surface area (TPSA) is 54.6 Å². The van der Waals surface area contributed by atoms with Gasteiger partial charge in [0.1, 0.15) is 4.88 Å². The largest absolute Gasteiger partial charge is 0.477 e. The quantitative estimate of drug-likeness (QED) is 0.861. The molecule has 0 radical (unpaired) electrons. The molecule has 0 aliphatic heterocycles. The maximum absolute atomic E-state index is 11.4. The van der Waals surface area contributed by atoms with E-state index in [1.165, 1.54) is 4.09 Å². The molecule has 0 aliphatic carbocycles. The molecule has 2 rings (SSSR count). The maximum Gasteiger partial charge on any atom is 0.347 e. The van der Waals surface area contributed by atoms with Gasteiger partial charge in [-0.05, 0) is 30.5 Å². The molecule has 118 valence electrons. The smallest absolute Gasteiger partial charge is 0.347 e. The molecule has 0 saturated heterocycles. The highest BCUT2D eigenvalue weighted by Gasteiger charge is 2.21. The Hall–Kier alpha value is -1.30. The molecule has 1 atom stereocenters. The van der Waals surface area contributed by atoms with Gasteiger partial charge in [0.25, 0.3) is 0 Å². The van der Waals surface area contributed by atoms with Crippen LogP contribution in [0.2, 0.25) is 5.02 Å². The molecule has 1 N–H and O–H groups in total. The minimum Gasteiger partial charge on any atom is -0.477 e. The number of hydrogen-bond acceptors (Lipinski definition) is 3. The van der Waals surface area contributed by atoms with Crippen molar-refractivity contribution in [1.82, 2.24) is 4.09 Å². The first-order valence-electron chi connectivity index (χ1n) is 6.75. The number of halogens is 2. The molecule has 7 heteroatoms. The molecule has 0 amide bonds. The van der Waals surface area contributed by atoms with Crippen molar-refractivity contribution in [1.29, 1.82) is 0 Å². The van der Waals surface area contributed by atoms with Crippen LogP contribution in [0.4, 0.5) is 0 Å². The van der Waals surface area contributed by atoms with E-state index in [1.54, 1.807) is 12.1 Å². The lowest BCUT2D eigenvalue weighted by Crippen LogP contribution is -2.11. The van der Waals surface area contributed by atoms with E-state index in [-0.39, 0.29) is 16.8 Å². The molecule has 2 aromatic rings. The molecule has 4 nitrogen and oxygen atoms in total. The Morgan fingerprint density at radius 3 is 2.32 bits per heavy atom. The number of aromatic nitrogens is 1. The van der Waals surface area contributed by atoms with Crippen LogP contribution in [0.1, 0.15) is 53.7 Å². The lowest BCUT2D eigenvalue weighted by atomic mass is 10.1. The predicted molar refractivity (Wildman–Crippen MR) is 90.0 cm³/mol. The number of carbonyl (C=O) groups is 1. The lowest BCUT2D eigenvalue weighted by molar-refractivity contribution is 0.0700. The summed E-state index contributed by atoms with van der Waals surface area (Å²) in [4.78, 5) is 16.6. The standard InChI is InChI=1S/C15H16Cl2N2O2S/c1-8(2)12-13(14(20)21)22-15(19(12)17)18-9(3)10-4-6-11(16)7-5-10/h4-9H,1-3H3,(H,20,21)/t9-/m1/s1. The molecule has 0 saturated carbocycles. The van der Waals surface area contributed by atoms with Gasteiger partial charge < -0.3 is 5.11 Å². The van der Waals surface area contributed by atoms with E-state index in [0.717, 1.165) is 16.9 Å². The van der Waals surface area contributed by atoms with Crippen LogP contribution < -0.4 is 4.80 Å². The van der Waals surface area contributed by atoms with E-state index < -0.39 is 5.97 Å². The monoisotopic (exact) mass is 358 g/mol. The summed E-state index contributed by atoms with van der Waals surface area (Å²) in [5.41, 5.74) is 1.55. The zero-order valence-electron chi connectivity index (χ0n) is 12.4. The minimum absolute atomic E-state index is 0.00496. The molecule has 1 aromatic carbocycles. The van der Waals surface area contributed by atoms with Gasteiger partial charge in [0.2, 0.25) is 4.80 Å². The second-order valence-corrected chi connectivity index (χ2v) is 6.95. The summed E-state index contributed by atoms with van der Waals surface area (Å²) in [6, 6.07) is 7.24. The van der Waals surface area contributed by atoms with Gasteiger partial charge >= 0.3 is 5.97 Å². The summed E-state index contributed by atoms with van der Waals surface area (Å²) in [5, 5.41) is 9.98. The van der Waals surface area contributed by atoms with Crippen LogP contribution in [-0.2, 0) is 0 Å². The number of rotatable bonds is 4. The van der Waals surface area contributed by atoms with Crippen LogP contribution in [0, 0.1) is 0 Å². The first-order valence-corrected chi connectivity index (χ1v) is 8.29. The highest BCUT2D eigenvalue weighted by atomic mass is 35.5. The summed E-state index contributed by atoms with van der Waals surface area (Å²) < 4.78 is 1.35. The maximum atomic E-state index is 11.4. The molecule has 22 heavy (non-hydrogen) atoms. The summed E-state index contributed by atoms with van der Waals surface area (Å²) in [5.74, 6) is -0.988. The van der Waals surface area contributed by atoms with Gasteiger partial charge in [0, 0.05) is 16.8 Å².